The van der Waals surface area contributed by atoms with Gasteiger partial charge in [0, 0.05) is 6.04 Å². The first kappa shape index (κ1) is 12.4. The molecule has 0 aromatic carbocycles. The Balaban J connectivity index is 1.79. The van der Waals surface area contributed by atoms with Crippen LogP contribution in [-0.2, 0) is 0 Å². The second-order valence-electron chi connectivity index (χ2n) is 6.14. The van der Waals surface area contributed by atoms with Gasteiger partial charge in [-0.15, -0.1) is 0 Å². The molecule has 0 aromatic rings. The summed E-state index contributed by atoms with van der Waals surface area (Å²) in [6.07, 6.45) is 11.7. The lowest BCUT2D eigenvalue weighted by Gasteiger charge is -2.27. The van der Waals surface area contributed by atoms with Crippen LogP contribution >= 0.6 is 0 Å². The van der Waals surface area contributed by atoms with Crippen LogP contribution in [0.4, 0.5) is 0 Å². The van der Waals surface area contributed by atoms with Crippen molar-refractivity contribution in [2.75, 3.05) is 6.54 Å². The topological polar surface area (TPSA) is 12.0 Å². The van der Waals surface area contributed by atoms with Crippen LogP contribution in [-0.4, -0.2) is 12.6 Å². The van der Waals surface area contributed by atoms with Gasteiger partial charge in [-0.2, -0.15) is 0 Å². The van der Waals surface area contributed by atoms with Crippen molar-refractivity contribution in [3.8, 4) is 0 Å². The van der Waals surface area contributed by atoms with E-state index in [1.165, 1.54) is 57.9 Å². The van der Waals surface area contributed by atoms with E-state index < -0.39 is 0 Å². The van der Waals surface area contributed by atoms with E-state index in [2.05, 4.69) is 19.2 Å². The van der Waals surface area contributed by atoms with Gasteiger partial charge in [0.25, 0.3) is 0 Å². The van der Waals surface area contributed by atoms with Gasteiger partial charge in [0.05, 0.1) is 0 Å². The van der Waals surface area contributed by atoms with Crippen LogP contribution in [0.5, 0.6) is 0 Å². The first-order valence-corrected chi connectivity index (χ1v) is 7.54. The molecule has 2 aliphatic rings. The summed E-state index contributed by atoms with van der Waals surface area (Å²) in [6, 6.07) is 0.815. The molecule has 0 aromatic heterocycles. The number of hydrogen-bond donors (Lipinski definition) is 1. The van der Waals surface area contributed by atoms with Crippen LogP contribution in [0, 0.1) is 17.8 Å². The molecule has 1 nitrogen and oxygen atoms in total. The zero-order valence-electron chi connectivity index (χ0n) is 11.2. The molecule has 2 fully saturated rings. The van der Waals surface area contributed by atoms with Crippen molar-refractivity contribution in [2.45, 2.75) is 71.3 Å². The van der Waals surface area contributed by atoms with E-state index in [0.29, 0.717) is 0 Å². The Labute approximate surface area is 101 Å². The molecule has 0 heterocycles. The molecular weight excluding hydrogens is 194 g/mol. The minimum Gasteiger partial charge on any atom is -0.314 e. The van der Waals surface area contributed by atoms with Crippen LogP contribution in [0.25, 0.3) is 0 Å². The molecule has 0 aliphatic heterocycles. The highest BCUT2D eigenvalue weighted by Crippen LogP contribution is 2.40. The summed E-state index contributed by atoms with van der Waals surface area (Å²) in [5, 5.41) is 3.82. The van der Waals surface area contributed by atoms with Crippen molar-refractivity contribution in [3.05, 3.63) is 0 Å². The molecule has 0 bridgehead atoms. The second kappa shape index (κ2) is 6.05. The third-order valence-electron chi connectivity index (χ3n) is 4.72. The maximum atomic E-state index is 3.82. The molecule has 0 saturated heterocycles. The third kappa shape index (κ3) is 3.48. The fourth-order valence-corrected chi connectivity index (χ4v) is 3.37. The molecule has 0 spiro atoms. The monoisotopic (exact) mass is 223 g/mol. The van der Waals surface area contributed by atoms with E-state index in [1.807, 2.05) is 0 Å². The van der Waals surface area contributed by atoms with E-state index in [-0.39, 0.29) is 0 Å². The van der Waals surface area contributed by atoms with Crippen molar-refractivity contribution in [3.63, 3.8) is 0 Å². The van der Waals surface area contributed by atoms with E-state index in [1.54, 1.807) is 0 Å². The molecule has 2 rings (SSSR count). The lowest BCUT2D eigenvalue weighted by atomic mass is 9.88. The zero-order chi connectivity index (χ0) is 11.4. The van der Waals surface area contributed by atoms with Crippen LogP contribution in [0.3, 0.4) is 0 Å². The summed E-state index contributed by atoms with van der Waals surface area (Å²) in [7, 11) is 0. The SMILES string of the molecule is CCCNC(CC1CCCC1)C(C)C1CC1. The lowest BCUT2D eigenvalue weighted by molar-refractivity contribution is 0.284. The van der Waals surface area contributed by atoms with E-state index in [4.69, 9.17) is 0 Å². The predicted molar refractivity (Wildman–Crippen MR) is 70.5 cm³/mol. The minimum absolute atomic E-state index is 0.815. The Morgan fingerprint density at radius 1 is 1.12 bits per heavy atom. The van der Waals surface area contributed by atoms with Crippen LogP contribution in [0.15, 0.2) is 0 Å². The van der Waals surface area contributed by atoms with Gasteiger partial charge in [0.2, 0.25) is 0 Å². The predicted octanol–water partition coefficient (Wildman–Crippen LogP) is 3.98. The summed E-state index contributed by atoms with van der Waals surface area (Å²) >= 11 is 0. The van der Waals surface area contributed by atoms with Gasteiger partial charge < -0.3 is 5.32 Å². The number of rotatable bonds is 7. The van der Waals surface area contributed by atoms with Gasteiger partial charge in [-0.1, -0.05) is 39.5 Å². The molecule has 1 N–H and O–H groups in total. The van der Waals surface area contributed by atoms with Crippen LogP contribution in [0.1, 0.15) is 65.2 Å². The molecule has 2 atom stereocenters. The molecule has 0 amide bonds. The fraction of sp³-hybridized carbons (Fsp3) is 1.00. The second-order valence-corrected chi connectivity index (χ2v) is 6.14. The molecular formula is C15H29N. The quantitative estimate of drug-likeness (QED) is 0.688. The third-order valence-corrected chi connectivity index (χ3v) is 4.72. The minimum atomic E-state index is 0.815. The Hall–Kier alpha value is -0.0400. The number of nitrogens with one attached hydrogen (secondary N) is 1. The summed E-state index contributed by atoms with van der Waals surface area (Å²) in [5.74, 6) is 3.01. The van der Waals surface area contributed by atoms with Gasteiger partial charge >= 0.3 is 0 Å². The van der Waals surface area contributed by atoms with E-state index >= 15 is 0 Å². The summed E-state index contributed by atoms with van der Waals surface area (Å²) in [5.41, 5.74) is 0. The van der Waals surface area contributed by atoms with Crippen LogP contribution < -0.4 is 5.32 Å². The van der Waals surface area contributed by atoms with Gasteiger partial charge in [0.1, 0.15) is 0 Å². The van der Waals surface area contributed by atoms with E-state index in [0.717, 1.165) is 23.8 Å². The van der Waals surface area contributed by atoms with Crippen molar-refractivity contribution in [1.82, 2.24) is 5.32 Å². The molecule has 16 heavy (non-hydrogen) atoms. The Morgan fingerprint density at radius 2 is 1.81 bits per heavy atom. The van der Waals surface area contributed by atoms with Crippen molar-refractivity contribution < 1.29 is 0 Å². The molecule has 94 valence electrons. The average molecular weight is 223 g/mol. The van der Waals surface area contributed by atoms with Gasteiger partial charge in [-0.3, -0.25) is 0 Å². The largest absolute Gasteiger partial charge is 0.314 e. The first-order chi connectivity index (χ1) is 7.81. The summed E-state index contributed by atoms with van der Waals surface area (Å²) < 4.78 is 0. The summed E-state index contributed by atoms with van der Waals surface area (Å²) in [4.78, 5) is 0. The standard InChI is InChI=1S/C15H29N/c1-3-10-16-15(12(2)14-8-9-14)11-13-6-4-5-7-13/h12-16H,3-11H2,1-2H3. The smallest absolute Gasteiger partial charge is 0.00979 e. The van der Waals surface area contributed by atoms with Crippen molar-refractivity contribution >= 4 is 0 Å². The van der Waals surface area contributed by atoms with E-state index in [9.17, 15) is 0 Å². The average Bonchev–Trinajstić information content (AvgIpc) is 3.02. The molecule has 2 aliphatic carbocycles. The molecule has 2 saturated carbocycles. The maximum absolute atomic E-state index is 3.82. The Kier molecular flexibility index (Phi) is 4.69. The fourth-order valence-electron chi connectivity index (χ4n) is 3.37. The van der Waals surface area contributed by atoms with Crippen LogP contribution in [0.2, 0.25) is 0 Å². The highest BCUT2D eigenvalue weighted by Gasteiger charge is 2.34. The lowest BCUT2D eigenvalue weighted by Crippen LogP contribution is -2.37. The maximum Gasteiger partial charge on any atom is 0.00979 e. The highest BCUT2D eigenvalue weighted by molar-refractivity contribution is 4.88. The molecule has 0 radical (unpaired) electrons. The first-order valence-electron chi connectivity index (χ1n) is 7.54. The summed E-state index contributed by atoms with van der Waals surface area (Å²) in [6.45, 7) is 5.98. The Morgan fingerprint density at radius 3 is 2.38 bits per heavy atom. The number of hydrogen-bond acceptors (Lipinski definition) is 1. The van der Waals surface area contributed by atoms with Gasteiger partial charge in [-0.05, 0) is 50.0 Å². The van der Waals surface area contributed by atoms with Gasteiger partial charge in [0.15, 0.2) is 0 Å². The highest BCUT2D eigenvalue weighted by atomic mass is 14.9. The molecule has 2 unspecified atom stereocenters. The normalized spacial score (nSPS) is 25.9. The van der Waals surface area contributed by atoms with Crippen molar-refractivity contribution in [2.24, 2.45) is 17.8 Å². The Bertz CT molecular complexity index is 192. The van der Waals surface area contributed by atoms with Crippen molar-refractivity contribution in [1.29, 1.82) is 0 Å². The molecule has 1 heteroatoms. The van der Waals surface area contributed by atoms with Gasteiger partial charge in [-0.25, -0.2) is 0 Å². The zero-order valence-corrected chi connectivity index (χ0v) is 11.2.